The second kappa shape index (κ2) is 8.43. The van der Waals surface area contributed by atoms with Crippen molar-refractivity contribution >= 4 is 28.7 Å². The van der Waals surface area contributed by atoms with Crippen molar-refractivity contribution in [3.8, 4) is 5.75 Å². The average molecular weight is 422 g/mol. The van der Waals surface area contributed by atoms with Crippen LogP contribution >= 0.6 is 0 Å². The molecule has 1 atom stereocenters. The summed E-state index contributed by atoms with van der Waals surface area (Å²) in [4.78, 5) is 12.2. The lowest BCUT2D eigenvalue weighted by Gasteiger charge is -2.18. The van der Waals surface area contributed by atoms with Crippen molar-refractivity contribution in [3.05, 3.63) is 83.6 Å². The molecule has 6 nitrogen and oxygen atoms in total. The Morgan fingerprint density at radius 1 is 1.26 bits per heavy atom. The van der Waals surface area contributed by atoms with Crippen LogP contribution in [0.1, 0.15) is 22.3 Å². The number of carbonyl (C=O) groups excluding carboxylic acids is 1. The number of aromatic nitrogens is 1. The molecule has 0 fully saturated rings. The molecule has 4 rings (SSSR count). The number of anilines is 1. The van der Waals surface area contributed by atoms with Gasteiger partial charge in [0.15, 0.2) is 0 Å². The van der Waals surface area contributed by atoms with E-state index in [1.165, 1.54) is 30.5 Å². The lowest BCUT2D eigenvalue weighted by Crippen LogP contribution is -2.17. The van der Waals surface area contributed by atoms with E-state index in [9.17, 15) is 18.7 Å². The number of hydrogen-bond acceptors (Lipinski definition) is 4. The Kier molecular flexibility index (Phi) is 5.53. The molecular weight excluding hydrogens is 402 g/mol. The zero-order valence-electron chi connectivity index (χ0n) is 16.4. The number of carbonyl (C=O) groups is 1. The fourth-order valence-electron chi connectivity index (χ4n) is 3.54. The van der Waals surface area contributed by atoms with Crippen molar-refractivity contribution in [1.82, 2.24) is 9.99 Å². The number of nitrogens with two attached hydrogens (primary N) is 1. The summed E-state index contributed by atoms with van der Waals surface area (Å²) in [6.45, 7) is 0.312. The van der Waals surface area contributed by atoms with E-state index in [-0.39, 0.29) is 35.1 Å². The quantitative estimate of drug-likeness (QED) is 0.246. The number of rotatable bonds is 5. The van der Waals surface area contributed by atoms with E-state index < -0.39 is 11.8 Å². The molecule has 158 valence electrons. The van der Waals surface area contributed by atoms with Crippen LogP contribution in [0.3, 0.4) is 0 Å². The number of nitrogens with one attached hydrogen (secondary N) is 1. The van der Waals surface area contributed by atoms with Crippen LogP contribution < -0.4 is 11.2 Å². The van der Waals surface area contributed by atoms with Gasteiger partial charge < -0.3 is 15.4 Å². The number of phenolic OH excluding ortho intramolecular Hbond substituents is 1. The van der Waals surface area contributed by atoms with E-state index in [2.05, 4.69) is 10.5 Å². The van der Waals surface area contributed by atoms with Crippen molar-refractivity contribution < 1.29 is 18.7 Å². The highest BCUT2D eigenvalue weighted by atomic mass is 19.1. The monoisotopic (exact) mass is 422 g/mol. The minimum atomic E-state index is -0.546. The van der Waals surface area contributed by atoms with Crippen molar-refractivity contribution in [2.45, 2.75) is 13.0 Å². The number of nitrogens with zero attached hydrogens (tertiary/aromatic N) is 2. The molecule has 1 heterocycles. The van der Waals surface area contributed by atoms with Crippen LogP contribution in [-0.4, -0.2) is 21.8 Å². The van der Waals surface area contributed by atoms with Gasteiger partial charge in [-0.1, -0.05) is 12.1 Å². The smallest absolute Gasteiger partial charge is 0.271 e. The summed E-state index contributed by atoms with van der Waals surface area (Å²) in [5, 5.41) is 14.3. The highest BCUT2D eigenvalue weighted by Gasteiger charge is 2.21. The summed E-state index contributed by atoms with van der Waals surface area (Å²) in [6, 6.07) is 11.6. The predicted molar refractivity (Wildman–Crippen MR) is 116 cm³/mol. The Labute approximate surface area is 177 Å². The van der Waals surface area contributed by atoms with Gasteiger partial charge in [-0.3, -0.25) is 4.79 Å². The number of nitrogen functional groups attached to an aromatic ring is 1. The van der Waals surface area contributed by atoms with E-state index in [0.717, 1.165) is 22.5 Å². The lowest BCUT2D eigenvalue weighted by atomic mass is 9.98. The Hall–Kier alpha value is -3.94. The van der Waals surface area contributed by atoms with Crippen LogP contribution in [0.15, 0.2) is 77.6 Å². The van der Waals surface area contributed by atoms with Gasteiger partial charge in [-0.05, 0) is 42.5 Å². The Morgan fingerprint density at radius 3 is 2.90 bits per heavy atom. The molecule has 0 radical (unpaired) electrons. The van der Waals surface area contributed by atoms with Crippen molar-refractivity contribution in [1.29, 1.82) is 0 Å². The maximum Gasteiger partial charge on any atom is 0.271 e. The van der Waals surface area contributed by atoms with E-state index in [4.69, 9.17) is 5.73 Å². The van der Waals surface area contributed by atoms with Gasteiger partial charge in [0.25, 0.3) is 5.91 Å². The third-order valence-corrected chi connectivity index (χ3v) is 5.18. The van der Waals surface area contributed by atoms with Gasteiger partial charge in [-0.25, -0.2) is 14.2 Å². The number of phenols is 1. The molecule has 0 aliphatic heterocycles. The molecule has 1 aliphatic rings. The Bertz CT molecular complexity index is 1240. The Balaban J connectivity index is 1.50. The summed E-state index contributed by atoms with van der Waals surface area (Å²) in [5.74, 6) is -1.78. The van der Waals surface area contributed by atoms with Gasteiger partial charge in [-0.2, -0.15) is 5.10 Å². The molecule has 2 aromatic carbocycles. The number of hydrazone groups is 1. The van der Waals surface area contributed by atoms with Crippen LogP contribution in [0.4, 0.5) is 14.5 Å². The van der Waals surface area contributed by atoms with Crippen LogP contribution in [0.25, 0.3) is 10.9 Å². The third-order valence-electron chi connectivity index (χ3n) is 5.18. The summed E-state index contributed by atoms with van der Waals surface area (Å²) < 4.78 is 29.5. The van der Waals surface area contributed by atoms with Crippen LogP contribution in [0.2, 0.25) is 0 Å². The molecule has 31 heavy (non-hydrogen) atoms. The molecular formula is C23H20F2N4O2. The number of fused-ring (bicyclic) bond motifs is 1. The number of benzene rings is 2. The van der Waals surface area contributed by atoms with Gasteiger partial charge in [-0.15, -0.1) is 0 Å². The maximum atomic E-state index is 14.1. The molecule has 0 saturated carbocycles. The van der Waals surface area contributed by atoms with Gasteiger partial charge in [0.1, 0.15) is 17.4 Å². The van der Waals surface area contributed by atoms with Gasteiger partial charge >= 0.3 is 0 Å². The minimum Gasteiger partial charge on any atom is -0.506 e. The summed E-state index contributed by atoms with van der Waals surface area (Å²) in [6.07, 6.45) is 5.71. The first-order chi connectivity index (χ1) is 14.9. The van der Waals surface area contributed by atoms with Crippen molar-refractivity contribution in [2.24, 2.45) is 11.0 Å². The highest BCUT2D eigenvalue weighted by Crippen LogP contribution is 2.30. The van der Waals surface area contributed by atoms with Gasteiger partial charge in [0.2, 0.25) is 0 Å². The number of allylic oxidation sites excluding steroid dienone is 4. The average Bonchev–Trinajstić information content (AvgIpc) is 3.16. The normalized spacial score (nSPS) is 16.4. The van der Waals surface area contributed by atoms with Crippen LogP contribution in [-0.2, 0) is 6.54 Å². The second-order valence-electron chi connectivity index (χ2n) is 7.29. The molecule has 1 amide bonds. The lowest BCUT2D eigenvalue weighted by molar-refractivity contribution is 0.0955. The van der Waals surface area contributed by atoms with Crippen LogP contribution in [0, 0.1) is 5.92 Å². The van der Waals surface area contributed by atoms with Crippen LogP contribution in [0.5, 0.6) is 5.75 Å². The first-order valence-electron chi connectivity index (χ1n) is 9.64. The summed E-state index contributed by atoms with van der Waals surface area (Å²) >= 11 is 0. The third kappa shape index (κ3) is 4.32. The minimum absolute atomic E-state index is 0.0387. The van der Waals surface area contributed by atoms with Crippen molar-refractivity contribution in [3.63, 3.8) is 0 Å². The second-order valence-corrected chi connectivity index (χ2v) is 7.29. The zero-order chi connectivity index (χ0) is 22.0. The predicted octanol–water partition coefficient (Wildman–Crippen LogP) is 4.42. The SMILES string of the molecule is Nc1cc(C(=O)N/N=C/c2cccc3c2ccn3CC2CC(F)=CC=C2F)ccc1O. The molecule has 0 spiro atoms. The van der Waals surface area contributed by atoms with E-state index in [1.54, 1.807) is 0 Å². The Morgan fingerprint density at radius 2 is 2.10 bits per heavy atom. The molecule has 1 aliphatic carbocycles. The van der Waals surface area contributed by atoms with E-state index >= 15 is 0 Å². The molecule has 0 saturated heterocycles. The van der Waals surface area contributed by atoms with Crippen molar-refractivity contribution in [2.75, 3.05) is 5.73 Å². The molecule has 3 aromatic rings. The van der Waals surface area contributed by atoms with Gasteiger partial charge in [0.05, 0.1) is 11.9 Å². The molecule has 4 N–H and O–H groups in total. The molecule has 8 heteroatoms. The topological polar surface area (TPSA) is 92.6 Å². The van der Waals surface area contributed by atoms with E-state index in [0.29, 0.717) is 6.54 Å². The standard InChI is InChI=1S/C23H20F2N4O2/c24-17-5-6-19(25)16(10-17)13-29-9-8-18-15(2-1-3-21(18)29)12-27-28-23(31)14-4-7-22(30)20(26)11-14/h1-9,11-12,16,30H,10,13,26H2,(H,28,31)/b27-12+. The molecule has 0 bridgehead atoms. The van der Waals surface area contributed by atoms with E-state index in [1.807, 2.05) is 35.0 Å². The molecule has 1 unspecified atom stereocenters. The largest absolute Gasteiger partial charge is 0.506 e. The zero-order valence-corrected chi connectivity index (χ0v) is 16.4. The summed E-state index contributed by atoms with van der Waals surface area (Å²) in [7, 11) is 0. The first-order valence-corrected chi connectivity index (χ1v) is 9.64. The maximum absolute atomic E-state index is 14.1. The number of amides is 1. The first kappa shape index (κ1) is 20.3. The van der Waals surface area contributed by atoms with Gasteiger partial charge in [0, 0.05) is 47.1 Å². The molecule has 1 aromatic heterocycles. The number of halogens is 2. The fourth-order valence-corrected chi connectivity index (χ4v) is 3.54. The summed E-state index contributed by atoms with van der Waals surface area (Å²) in [5.41, 5.74) is 10.0. The fraction of sp³-hybridized carbons (Fsp3) is 0.130. The highest BCUT2D eigenvalue weighted by molar-refractivity contribution is 6.00. The number of hydrogen-bond donors (Lipinski definition) is 3. The number of aromatic hydroxyl groups is 1.